The van der Waals surface area contributed by atoms with E-state index in [2.05, 4.69) is 140 Å². The molecule has 32 nitrogen and oxygen atoms in total. The molecule has 7 amide bonds. The van der Waals surface area contributed by atoms with E-state index in [-0.39, 0.29) is 41.5 Å². The Morgan fingerprint density at radius 3 is 0.949 bits per heavy atom. The van der Waals surface area contributed by atoms with Crippen molar-refractivity contribution in [3.8, 4) is 44.5 Å². The molecule has 0 radical (unpaired) electrons. The molecule has 2 saturated heterocycles. The molecule has 0 atom stereocenters. The summed E-state index contributed by atoms with van der Waals surface area (Å²) in [6.45, 7) is 8.48. The van der Waals surface area contributed by atoms with Crippen molar-refractivity contribution in [1.29, 1.82) is 0 Å². The minimum Gasteiger partial charge on any atom is -0.378 e. The normalized spacial score (nSPS) is 13.1. The zero-order chi connectivity index (χ0) is 94.9. The molecule has 16 aromatic rings. The SMILES string of the molecule is CN(C)Cc1cccc(NC(=O)c2n[nH]c3ccc(-c4cncc(N5CCCCC5)c4)cc23)c1.CN(C)Cc1cccc(NC(=O)c2n[nH]c3ccc(-c4cncc(N5CCOCC5)c4)cc23)c1.CN(C)Cc1cccc(NC(=O)c2n[nH]c3ccc(-c4cncc(NC(=O)C5CC5)c4)cc23)c1.CN(C)Cc1cccc(NC(=O)c2n[nH]c3ccc(-c4cncc(NC(=O)N(C)C)c4)cc23)c1. The molecule has 3 fully saturated rings. The van der Waals surface area contributed by atoms with Crippen LogP contribution in [0.5, 0.6) is 0 Å². The molecule has 8 aromatic carbocycles. The number of H-pyrrole nitrogens is 4. The molecule has 0 unspecified atom stereocenters. The van der Waals surface area contributed by atoms with Crippen molar-refractivity contribution in [3.63, 3.8) is 0 Å². The minimum atomic E-state index is -0.296. The Hall–Kier alpha value is -15.7. The predicted molar refractivity (Wildman–Crippen MR) is 538 cm³/mol. The maximum Gasteiger partial charge on any atom is 0.321 e. The average molecular weight is 1820 g/mol. The van der Waals surface area contributed by atoms with E-state index in [1.807, 2.05) is 257 Å². The molecule has 10 N–H and O–H groups in total. The highest BCUT2D eigenvalue weighted by Crippen LogP contribution is 2.36. The van der Waals surface area contributed by atoms with Crippen LogP contribution < -0.4 is 41.7 Å². The molecule has 0 bridgehead atoms. The highest BCUT2D eigenvalue weighted by Gasteiger charge is 2.30. The summed E-state index contributed by atoms with van der Waals surface area (Å²) in [4.78, 5) is 108. The number of nitrogens with zero attached hydrogens (tertiary/aromatic N) is 15. The van der Waals surface area contributed by atoms with E-state index in [1.165, 1.54) is 24.2 Å². The summed E-state index contributed by atoms with van der Waals surface area (Å²) in [5, 5.41) is 49.6. The summed E-state index contributed by atoms with van der Waals surface area (Å²) in [6.07, 6.45) is 19.9. The number of hydrogen-bond donors (Lipinski definition) is 10. The molecule has 694 valence electrons. The smallest absolute Gasteiger partial charge is 0.321 e. The van der Waals surface area contributed by atoms with Gasteiger partial charge in [0.1, 0.15) is 0 Å². The van der Waals surface area contributed by atoms with Crippen LogP contribution in [0.25, 0.3) is 88.1 Å². The second-order valence-electron chi connectivity index (χ2n) is 35.4. The van der Waals surface area contributed by atoms with Gasteiger partial charge in [0.05, 0.1) is 82.8 Å². The summed E-state index contributed by atoms with van der Waals surface area (Å²) >= 11 is 0. The van der Waals surface area contributed by atoms with Crippen molar-refractivity contribution in [2.24, 2.45) is 5.92 Å². The standard InChI is InChI=1S/C27H30N6O.C26H28N6O2.C26H26N6O2.C25H27N7O2/c1-32(2)18-19-7-6-8-22(13-19)29-27(34)26-24-15-20(9-10-25(24)30-31-26)21-14-23(17-28-16-21)33-11-4-3-5-12-33;1-31(2)17-18-4-3-5-21(12-18)28-26(33)25-23-14-19(6-7-24(23)29-30-25)20-13-22(16-27-15-20)32-8-10-34-11-9-32;1-32(2)15-16-4-3-5-20(10-16)28-26(34)24-22-12-18(8-9-23(22)30-31-24)19-11-21(14-27-13-19)29-25(33)17-6-7-17;1-31(2)15-16-6-5-7-19(10-16)27-24(33)23-21-12-17(8-9-22(21)29-30-23)18-11-20(14-26-13-18)28-25(34)32(3)4/h6-10,13-17H,3-5,11-12,18H2,1-2H3,(H,29,34)(H,30,31);3-7,12-16H,8-11,17H2,1-2H3,(H,28,33)(H,29,30);3-5,8-14,17H,6-7,15H2,1-2H3,(H,28,34)(H,29,33)(H,30,31);5-14H,15H2,1-4H3,(H,27,33)(H,28,34)(H,29,30). The first-order valence-corrected chi connectivity index (χ1v) is 45.2. The number of benzene rings is 8. The number of hydrogen-bond acceptors (Lipinski definition) is 21. The summed E-state index contributed by atoms with van der Waals surface area (Å²) in [5.74, 6) is -0.894. The third-order valence-electron chi connectivity index (χ3n) is 23.1. The number of pyridine rings is 4. The van der Waals surface area contributed by atoms with Gasteiger partial charge in [0, 0.05) is 164 Å². The van der Waals surface area contributed by atoms with Gasteiger partial charge < -0.3 is 70.9 Å². The van der Waals surface area contributed by atoms with Crippen molar-refractivity contribution < 1.29 is 33.5 Å². The van der Waals surface area contributed by atoms with Crippen LogP contribution in [0.4, 0.5) is 50.3 Å². The summed E-state index contributed by atoms with van der Waals surface area (Å²) in [7, 11) is 19.4. The Morgan fingerprint density at radius 1 is 0.324 bits per heavy atom. The molecule has 1 saturated carbocycles. The number of rotatable bonds is 25. The van der Waals surface area contributed by atoms with Gasteiger partial charge in [-0.3, -0.25) is 64.3 Å². The molecule has 136 heavy (non-hydrogen) atoms. The van der Waals surface area contributed by atoms with E-state index in [1.54, 1.807) is 38.9 Å². The topological polar surface area (TPSA) is 373 Å². The van der Waals surface area contributed by atoms with Gasteiger partial charge in [0.25, 0.3) is 23.6 Å². The van der Waals surface area contributed by atoms with Crippen molar-refractivity contribution in [1.82, 2.24) is 85.2 Å². The lowest BCUT2D eigenvalue weighted by Gasteiger charge is -2.28. The second-order valence-corrected chi connectivity index (χ2v) is 35.4. The van der Waals surface area contributed by atoms with Crippen LogP contribution in [0, 0.1) is 5.92 Å². The quantitative estimate of drug-likeness (QED) is 0.0254. The molecule has 2 aliphatic heterocycles. The van der Waals surface area contributed by atoms with Crippen LogP contribution in [-0.2, 0) is 35.7 Å². The lowest BCUT2D eigenvalue weighted by molar-refractivity contribution is -0.117. The van der Waals surface area contributed by atoms with Crippen LogP contribution in [0.1, 0.15) is 96.3 Å². The molecular formula is C104H111N25O7. The van der Waals surface area contributed by atoms with Crippen LogP contribution in [-0.4, -0.2) is 231 Å². The first-order chi connectivity index (χ1) is 65.9. The fraction of sp³-hybridized carbons (Fsp3) is 0.250. The van der Waals surface area contributed by atoms with E-state index < -0.39 is 0 Å². The third-order valence-corrected chi connectivity index (χ3v) is 23.1. The van der Waals surface area contributed by atoms with Crippen molar-refractivity contribution in [2.45, 2.75) is 58.3 Å². The van der Waals surface area contributed by atoms with Gasteiger partial charge in [-0.2, -0.15) is 20.4 Å². The lowest BCUT2D eigenvalue weighted by Crippen LogP contribution is -2.36. The maximum atomic E-state index is 13.1. The number of aromatic nitrogens is 12. The number of urea groups is 1. The highest BCUT2D eigenvalue weighted by molar-refractivity contribution is 6.15. The zero-order valence-corrected chi connectivity index (χ0v) is 77.8. The van der Waals surface area contributed by atoms with Crippen LogP contribution in [0.3, 0.4) is 0 Å². The number of ether oxygens (including phenoxy) is 1. The summed E-state index contributed by atoms with van der Waals surface area (Å²) in [6, 6.07) is 62.6. The number of morpholine rings is 1. The summed E-state index contributed by atoms with van der Waals surface area (Å²) < 4.78 is 5.46. The fourth-order valence-corrected chi connectivity index (χ4v) is 16.3. The number of anilines is 8. The Bertz CT molecular complexity index is 6580. The molecule has 0 spiro atoms. The van der Waals surface area contributed by atoms with Crippen LogP contribution >= 0.6 is 0 Å². The highest BCUT2D eigenvalue weighted by atomic mass is 16.5. The van der Waals surface area contributed by atoms with Gasteiger partial charge in [-0.15, -0.1) is 0 Å². The molecular weight excluding hydrogens is 1710 g/mol. The number of carbonyl (C=O) groups is 6. The fourth-order valence-electron chi connectivity index (χ4n) is 16.3. The Labute approximate surface area is 788 Å². The minimum absolute atomic E-state index is 0.0397. The van der Waals surface area contributed by atoms with E-state index >= 15 is 0 Å². The van der Waals surface area contributed by atoms with Gasteiger partial charge in [-0.1, -0.05) is 72.8 Å². The van der Waals surface area contributed by atoms with Gasteiger partial charge in [0.15, 0.2) is 22.8 Å². The zero-order valence-electron chi connectivity index (χ0n) is 77.8. The predicted octanol–water partition coefficient (Wildman–Crippen LogP) is 17.0. The van der Waals surface area contributed by atoms with Gasteiger partial charge in [-0.25, -0.2) is 4.79 Å². The van der Waals surface area contributed by atoms with E-state index in [4.69, 9.17) is 4.74 Å². The second kappa shape index (κ2) is 43.3. The number of carbonyl (C=O) groups excluding carboxylic acids is 6. The summed E-state index contributed by atoms with van der Waals surface area (Å²) in [5.41, 5.74) is 22.8. The Balaban J connectivity index is 0.000000131. The average Bonchev–Trinajstić information content (AvgIpc) is 1.65. The molecule has 10 heterocycles. The van der Waals surface area contributed by atoms with Crippen LogP contribution in [0.15, 0.2) is 244 Å². The molecule has 3 aliphatic rings. The third kappa shape index (κ3) is 24.2. The first-order valence-electron chi connectivity index (χ1n) is 45.2. The van der Waals surface area contributed by atoms with Crippen molar-refractivity contribution >= 4 is 125 Å². The number of amides is 7. The number of nitrogens with one attached hydrogen (secondary N) is 10. The van der Waals surface area contributed by atoms with Gasteiger partial charge in [-0.05, 0) is 254 Å². The molecule has 19 rings (SSSR count). The molecule has 8 aromatic heterocycles. The molecule has 1 aliphatic carbocycles. The number of fused-ring (bicyclic) bond motifs is 4. The number of aromatic amines is 4. The Kier molecular flexibility index (Phi) is 29.8. The van der Waals surface area contributed by atoms with E-state index in [0.717, 1.165) is 206 Å². The van der Waals surface area contributed by atoms with Crippen molar-refractivity contribution in [3.05, 3.63) is 289 Å². The van der Waals surface area contributed by atoms with Gasteiger partial charge >= 0.3 is 6.03 Å². The number of piperidine rings is 1. The molecule has 32 heteroatoms. The van der Waals surface area contributed by atoms with Crippen LogP contribution in [0.2, 0.25) is 0 Å². The van der Waals surface area contributed by atoms with E-state index in [0.29, 0.717) is 50.6 Å². The first kappa shape index (κ1) is 93.5. The Morgan fingerprint density at radius 2 is 0.632 bits per heavy atom. The lowest BCUT2D eigenvalue weighted by atomic mass is 10.0. The largest absolute Gasteiger partial charge is 0.378 e. The monoisotopic (exact) mass is 1820 g/mol. The van der Waals surface area contributed by atoms with Gasteiger partial charge in [0.2, 0.25) is 5.91 Å². The van der Waals surface area contributed by atoms with Crippen molar-refractivity contribution in [2.75, 3.05) is 152 Å². The maximum absolute atomic E-state index is 13.1. The van der Waals surface area contributed by atoms with E-state index in [9.17, 15) is 28.8 Å².